The third-order valence-electron chi connectivity index (χ3n) is 8.46. The lowest BCUT2D eigenvalue weighted by atomic mass is 9.60. The van der Waals surface area contributed by atoms with Gasteiger partial charge in [0.15, 0.2) is 6.20 Å². The van der Waals surface area contributed by atoms with Crippen molar-refractivity contribution in [3.63, 3.8) is 0 Å². The summed E-state index contributed by atoms with van der Waals surface area (Å²) in [4.78, 5) is 0. The fourth-order valence-corrected chi connectivity index (χ4v) is 6.89. The Kier molecular flexibility index (Phi) is 4.60. The average molecular weight is 465 g/mol. The molecular weight excluding hydrogens is 434 g/mol. The molecule has 174 valence electrons. The smallest absolute Gasteiger partial charge is 0.201 e. The number of hydrogen-bond donors (Lipinski definition) is 0. The summed E-state index contributed by atoms with van der Waals surface area (Å²) in [5, 5.41) is 0. The minimum absolute atomic E-state index is 0.298. The number of benzene rings is 4. The number of hydrogen-bond acceptors (Lipinski definition) is 0. The SMILES string of the molecule is Cc1c[n+](C)c(-c2ccccc2C)cc1-c1cc(C)c2c(c1)C1c3ccccc3C2c2ccccc21. The Labute approximate surface area is 213 Å². The third-order valence-corrected chi connectivity index (χ3v) is 8.46. The maximum atomic E-state index is 2.50. The molecule has 1 nitrogen and oxygen atoms in total. The van der Waals surface area contributed by atoms with Gasteiger partial charge in [-0.15, -0.1) is 0 Å². The van der Waals surface area contributed by atoms with Crippen LogP contribution in [0.5, 0.6) is 0 Å². The van der Waals surface area contributed by atoms with E-state index in [2.05, 4.69) is 130 Å². The summed E-state index contributed by atoms with van der Waals surface area (Å²) in [5.41, 5.74) is 18.1. The van der Waals surface area contributed by atoms with Crippen LogP contribution in [0.3, 0.4) is 0 Å². The highest BCUT2D eigenvalue weighted by atomic mass is 14.9. The maximum Gasteiger partial charge on any atom is 0.213 e. The predicted molar refractivity (Wildman–Crippen MR) is 147 cm³/mol. The molecule has 0 saturated carbocycles. The molecule has 8 rings (SSSR count). The zero-order chi connectivity index (χ0) is 24.6. The van der Waals surface area contributed by atoms with Crippen molar-refractivity contribution in [2.75, 3.05) is 0 Å². The summed E-state index contributed by atoms with van der Waals surface area (Å²) in [6.45, 7) is 6.75. The van der Waals surface area contributed by atoms with Crippen LogP contribution in [0.4, 0.5) is 0 Å². The van der Waals surface area contributed by atoms with E-state index in [9.17, 15) is 0 Å². The molecule has 0 saturated heterocycles. The highest BCUT2D eigenvalue weighted by molar-refractivity contribution is 5.77. The van der Waals surface area contributed by atoms with Crippen molar-refractivity contribution < 1.29 is 4.57 Å². The molecule has 0 spiro atoms. The molecule has 0 fully saturated rings. The summed E-state index contributed by atoms with van der Waals surface area (Å²) in [5.74, 6) is 0.621. The van der Waals surface area contributed by atoms with E-state index in [1.165, 1.54) is 72.5 Å². The number of pyridine rings is 1. The van der Waals surface area contributed by atoms with Gasteiger partial charge in [0.05, 0.1) is 0 Å². The second kappa shape index (κ2) is 7.77. The van der Waals surface area contributed by atoms with Crippen molar-refractivity contribution in [1.29, 1.82) is 0 Å². The van der Waals surface area contributed by atoms with Gasteiger partial charge in [0.1, 0.15) is 7.05 Å². The summed E-state index contributed by atoms with van der Waals surface area (Å²) in [7, 11) is 2.16. The highest BCUT2D eigenvalue weighted by Gasteiger charge is 2.42. The Bertz CT molecular complexity index is 1640. The van der Waals surface area contributed by atoms with Gasteiger partial charge in [0.25, 0.3) is 0 Å². The monoisotopic (exact) mass is 464 g/mol. The molecular formula is C35H30N+. The Morgan fingerprint density at radius 3 is 1.75 bits per heavy atom. The molecule has 3 aliphatic rings. The van der Waals surface area contributed by atoms with Crippen LogP contribution in [0.25, 0.3) is 22.4 Å². The molecule has 1 heteroatoms. The molecule has 0 aliphatic heterocycles. The van der Waals surface area contributed by atoms with E-state index in [-0.39, 0.29) is 0 Å². The molecule has 5 aromatic rings. The highest BCUT2D eigenvalue weighted by Crippen LogP contribution is 2.57. The van der Waals surface area contributed by atoms with E-state index in [1.54, 1.807) is 0 Å². The van der Waals surface area contributed by atoms with Crippen molar-refractivity contribution in [2.45, 2.75) is 32.6 Å². The van der Waals surface area contributed by atoms with Crippen molar-refractivity contribution in [3.8, 4) is 22.4 Å². The molecule has 1 aromatic heterocycles. The first-order valence-corrected chi connectivity index (χ1v) is 12.9. The first-order chi connectivity index (χ1) is 17.5. The maximum absolute atomic E-state index is 2.50. The molecule has 0 amide bonds. The van der Waals surface area contributed by atoms with E-state index in [0.717, 1.165) is 0 Å². The molecule has 36 heavy (non-hydrogen) atoms. The van der Waals surface area contributed by atoms with E-state index in [1.807, 2.05) is 0 Å². The number of nitrogens with zero attached hydrogens (tertiary/aromatic N) is 1. The molecule has 0 atom stereocenters. The molecule has 4 aromatic carbocycles. The molecule has 3 aliphatic carbocycles. The van der Waals surface area contributed by atoms with Crippen molar-refractivity contribution >= 4 is 0 Å². The Morgan fingerprint density at radius 2 is 1.11 bits per heavy atom. The van der Waals surface area contributed by atoms with Gasteiger partial charge in [-0.25, -0.2) is 4.57 Å². The summed E-state index contributed by atoms with van der Waals surface area (Å²) in [6.07, 6.45) is 2.28. The summed E-state index contributed by atoms with van der Waals surface area (Å²) >= 11 is 0. The van der Waals surface area contributed by atoms with Crippen molar-refractivity contribution in [2.24, 2.45) is 7.05 Å². The van der Waals surface area contributed by atoms with Gasteiger partial charge in [0.2, 0.25) is 5.69 Å². The van der Waals surface area contributed by atoms with Gasteiger partial charge in [-0.2, -0.15) is 0 Å². The van der Waals surface area contributed by atoms with Crippen LogP contribution in [0.15, 0.2) is 97.2 Å². The molecule has 1 heterocycles. The lowest BCUT2D eigenvalue weighted by Gasteiger charge is -2.43. The van der Waals surface area contributed by atoms with Crippen LogP contribution in [-0.2, 0) is 7.05 Å². The van der Waals surface area contributed by atoms with Gasteiger partial charge in [0, 0.05) is 29.0 Å². The topological polar surface area (TPSA) is 3.88 Å². The van der Waals surface area contributed by atoms with Gasteiger partial charge in [-0.05, 0) is 88.5 Å². The van der Waals surface area contributed by atoms with Crippen molar-refractivity contribution in [1.82, 2.24) is 0 Å². The van der Waals surface area contributed by atoms with Gasteiger partial charge < -0.3 is 0 Å². The largest absolute Gasteiger partial charge is 0.213 e. The second-order valence-electron chi connectivity index (χ2n) is 10.6. The number of aromatic nitrogens is 1. The van der Waals surface area contributed by atoms with Crippen LogP contribution < -0.4 is 4.57 Å². The Balaban J connectivity index is 1.46. The van der Waals surface area contributed by atoms with E-state index in [0.29, 0.717) is 11.8 Å². The summed E-state index contributed by atoms with van der Waals surface area (Å²) in [6, 6.07) is 34.2. The lowest BCUT2D eigenvalue weighted by Crippen LogP contribution is -2.31. The minimum atomic E-state index is 0.298. The van der Waals surface area contributed by atoms with Crippen LogP contribution >= 0.6 is 0 Å². The quantitative estimate of drug-likeness (QED) is 0.230. The molecule has 0 unspecified atom stereocenters. The Morgan fingerprint density at radius 1 is 0.528 bits per heavy atom. The molecule has 2 bridgehead atoms. The predicted octanol–water partition coefficient (Wildman–Crippen LogP) is 7.76. The Hall–Kier alpha value is -3.97. The van der Waals surface area contributed by atoms with Crippen LogP contribution in [-0.4, -0.2) is 0 Å². The van der Waals surface area contributed by atoms with Crippen LogP contribution in [0.1, 0.15) is 61.9 Å². The first-order valence-electron chi connectivity index (χ1n) is 12.9. The zero-order valence-corrected chi connectivity index (χ0v) is 21.3. The van der Waals surface area contributed by atoms with Gasteiger partial charge in [-0.1, -0.05) is 72.8 Å². The van der Waals surface area contributed by atoms with Crippen molar-refractivity contribution in [3.05, 3.63) is 147 Å². The second-order valence-corrected chi connectivity index (χ2v) is 10.6. The van der Waals surface area contributed by atoms with Crippen LogP contribution in [0.2, 0.25) is 0 Å². The number of rotatable bonds is 2. The fourth-order valence-electron chi connectivity index (χ4n) is 6.89. The van der Waals surface area contributed by atoms with E-state index >= 15 is 0 Å². The zero-order valence-electron chi connectivity index (χ0n) is 21.3. The minimum Gasteiger partial charge on any atom is -0.201 e. The van der Waals surface area contributed by atoms with Gasteiger partial charge in [-0.3, -0.25) is 0 Å². The average Bonchev–Trinajstić information content (AvgIpc) is 2.89. The lowest BCUT2D eigenvalue weighted by molar-refractivity contribution is -0.660. The molecule has 0 N–H and O–H groups in total. The van der Waals surface area contributed by atoms with E-state index < -0.39 is 0 Å². The fraction of sp³-hybridized carbons (Fsp3) is 0.171. The number of aryl methyl sites for hydroxylation is 4. The molecule has 0 radical (unpaired) electrons. The standard InChI is InChI=1S/C35H30N/c1-21-11-5-6-12-25(21)32-19-30(23(3)20-36(32)4)24-17-22(2)33-31(18-24)34-26-13-7-9-15-28(26)35(33)29-16-10-8-14-27(29)34/h5-20,34-35H,1-4H3/q+1. The van der Waals surface area contributed by atoms with E-state index in [4.69, 9.17) is 0 Å². The normalized spacial score (nSPS) is 16.9. The first kappa shape index (κ1) is 21.3. The van der Waals surface area contributed by atoms with Crippen LogP contribution in [0, 0.1) is 20.8 Å². The van der Waals surface area contributed by atoms with Gasteiger partial charge >= 0.3 is 0 Å². The summed E-state index contributed by atoms with van der Waals surface area (Å²) < 4.78 is 2.26. The third kappa shape index (κ3) is 2.92.